The highest BCUT2D eigenvalue weighted by Crippen LogP contribution is 1.78. The quantitative estimate of drug-likeness (QED) is 0.481. The van der Waals surface area contributed by atoms with Crippen LogP contribution >= 0.6 is 0 Å². The van der Waals surface area contributed by atoms with Crippen molar-refractivity contribution in [3.8, 4) is 0 Å². The zero-order chi connectivity index (χ0) is 9.98. The molecule has 70 valence electrons. The first-order valence-electron chi connectivity index (χ1n) is 3.81. The number of allylic oxidation sites excluding steroid dienone is 1. The monoisotopic (exact) mass is 172 g/mol. The van der Waals surface area contributed by atoms with Crippen molar-refractivity contribution in [2.24, 2.45) is 0 Å². The number of ether oxygens (including phenoxy) is 1. The molecule has 12 heavy (non-hydrogen) atoms. The van der Waals surface area contributed by atoms with Crippen molar-refractivity contribution in [1.29, 1.82) is 0 Å². The molecule has 0 saturated heterocycles. The SMILES string of the molecule is C=CC(C)=O.CCCOC(C)=O. The minimum Gasteiger partial charge on any atom is -0.466 e. The molecule has 0 spiro atoms. The van der Waals surface area contributed by atoms with Crippen LogP contribution in [-0.4, -0.2) is 18.4 Å². The van der Waals surface area contributed by atoms with E-state index in [1.807, 2.05) is 6.92 Å². The van der Waals surface area contributed by atoms with E-state index in [9.17, 15) is 9.59 Å². The highest BCUT2D eigenvalue weighted by atomic mass is 16.5. The van der Waals surface area contributed by atoms with Crippen molar-refractivity contribution in [3.63, 3.8) is 0 Å². The van der Waals surface area contributed by atoms with Gasteiger partial charge in [0.25, 0.3) is 0 Å². The summed E-state index contributed by atoms with van der Waals surface area (Å²) in [6.07, 6.45) is 2.18. The van der Waals surface area contributed by atoms with Gasteiger partial charge in [0.2, 0.25) is 0 Å². The predicted octanol–water partition coefficient (Wildman–Crippen LogP) is 1.72. The molecular weight excluding hydrogens is 156 g/mol. The van der Waals surface area contributed by atoms with Crippen LogP contribution in [0.5, 0.6) is 0 Å². The number of ketones is 1. The summed E-state index contributed by atoms with van der Waals surface area (Å²) in [6.45, 7) is 8.60. The van der Waals surface area contributed by atoms with Crippen LogP contribution in [0.1, 0.15) is 27.2 Å². The maximum atomic E-state index is 9.98. The van der Waals surface area contributed by atoms with Crippen LogP contribution in [0.25, 0.3) is 0 Å². The summed E-state index contributed by atoms with van der Waals surface area (Å²) < 4.78 is 4.55. The lowest BCUT2D eigenvalue weighted by molar-refractivity contribution is -0.140. The molecule has 0 aliphatic rings. The zero-order valence-corrected chi connectivity index (χ0v) is 7.92. The lowest BCUT2D eigenvalue weighted by atomic mass is 10.5. The first-order valence-corrected chi connectivity index (χ1v) is 3.81. The Kier molecular flexibility index (Phi) is 11.1. The van der Waals surface area contributed by atoms with Crippen LogP contribution in [0, 0.1) is 0 Å². The number of carbonyl (C=O) groups is 2. The second-order valence-electron chi connectivity index (χ2n) is 2.15. The second-order valence-corrected chi connectivity index (χ2v) is 2.15. The predicted molar refractivity (Wildman–Crippen MR) is 47.8 cm³/mol. The van der Waals surface area contributed by atoms with Gasteiger partial charge >= 0.3 is 5.97 Å². The van der Waals surface area contributed by atoms with Gasteiger partial charge in [-0.2, -0.15) is 0 Å². The molecule has 0 fully saturated rings. The van der Waals surface area contributed by atoms with E-state index in [4.69, 9.17) is 0 Å². The lowest BCUT2D eigenvalue weighted by Crippen LogP contribution is -1.98. The largest absolute Gasteiger partial charge is 0.466 e. The van der Waals surface area contributed by atoms with Gasteiger partial charge in [0.05, 0.1) is 6.61 Å². The molecule has 0 bridgehead atoms. The minimum absolute atomic E-state index is 0.0185. The van der Waals surface area contributed by atoms with E-state index in [0.717, 1.165) is 6.42 Å². The van der Waals surface area contributed by atoms with Crippen molar-refractivity contribution in [1.82, 2.24) is 0 Å². The summed E-state index contributed by atoms with van der Waals surface area (Å²) in [7, 11) is 0. The molecule has 0 N–H and O–H groups in total. The van der Waals surface area contributed by atoms with Crippen molar-refractivity contribution in [3.05, 3.63) is 12.7 Å². The Balaban J connectivity index is 0. The lowest BCUT2D eigenvalue weighted by Gasteiger charge is -1.93. The summed E-state index contributed by atoms with van der Waals surface area (Å²) in [5.74, 6) is -0.174. The average Bonchev–Trinajstić information content (AvgIpc) is 2.02. The van der Waals surface area contributed by atoms with Gasteiger partial charge in [-0.05, 0) is 19.4 Å². The van der Waals surface area contributed by atoms with Gasteiger partial charge in [0.1, 0.15) is 0 Å². The molecular formula is C9H16O3. The Bertz CT molecular complexity index is 150. The number of hydrogen-bond donors (Lipinski definition) is 0. The van der Waals surface area contributed by atoms with Gasteiger partial charge in [0, 0.05) is 6.92 Å². The smallest absolute Gasteiger partial charge is 0.302 e. The van der Waals surface area contributed by atoms with Crippen molar-refractivity contribution < 1.29 is 14.3 Å². The van der Waals surface area contributed by atoms with E-state index >= 15 is 0 Å². The minimum atomic E-state index is -0.193. The van der Waals surface area contributed by atoms with Crippen molar-refractivity contribution in [2.75, 3.05) is 6.61 Å². The van der Waals surface area contributed by atoms with Gasteiger partial charge in [-0.15, -0.1) is 0 Å². The zero-order valence-electron chi connectivity index (χ0n) is 7.92. The number of hydrogen-bond acceptors (Lipinski definition) is 3. The van der Waals surface area contributed by atoms with E-state index in [1.54, 1.807) is 0 Å². The molecule has 0 heterocycles. The maximum Gasteiger partial charge on any atom is 0.302 e. The van der Waals surface area contributed by atoms with E-state index in [-0.39, 0.29) is 11.8 Å². The molecule has 0 rings (SSSR count). The summed E-state index contributed by atoms with van der Waals surface area (Å²) >= 11 is 0. The number of carbonyl (C=O) groups excluding carboxylic acids is 2. The summed E-state index contributed by atoms with van der Waals surface area (Å²) in [5, 5.41) is 0. The molecule has 0 saturated carbocycles. The Labute approximate surface area is 73.4 Å². The topological polar surface area (TPSA) is 43.4 Å². The third kappa shape index (κ3) is 23.2. The Morgan fingerprint density at radius 2 is 1.83 bits per heavy atom. The van der Waals surface area contributed by atoms with Gasteiger partial charge in [0.15, 0.2) is 5.78 Å². The fourth-order valence-electron chi connectivity index (χ4n) is 0.246. The second kappa shape index (κ2) is 9.88. The number of esters is 1. The molecule has 0 aromatic carbocycles. The normalized spacial score (nSPS) is 7.58. The molecule has 0 unspecified atom stereocenters. The Hall–Kier alpha value is -1.12. The van der Waals surface area contributed by atoms with Crippen molar-refractivity contribution >= 4 is 11.8 Å². The summed E-state index contributed by atoms with van der Waals surface area (Å²) in [6, 6.07) is 0. The van der Waals surface area contributed by atoms with Crippen LogP contribution < -0.4 is 0 Å². The summed E-state index contributed by atoms with van der Waals surface area (Å²) in [4.78, 5) is 19.7. The van der Waals surface area contributed by atoms with Crippen LogP contribution in [-0.2, 0) is 14.3 Å². The first-order chi connectivity index (χ1) is 5.54. The van der Waals surface area contributed by atoms with Gasteiger partial charge < -0.3 is 4.74 Å². The van der Waals surface area contributed by atoms with Crippen LogP contribution in [0.3, 0.4) is 0 Å². The first kappa shape index (κ1) is 13.5. The van der Waals surface area contributed by atoms with Gasteiger partial charge in [-0.25, -0.2) is 0 Å². The van der Waals surface area contributed by atoms with Crippen LogP contribution in [0.2, 0.25) is 0 Å². The molecule has 0 aliphatic heterocycles. The van der Waals surface area contributed by atoms with E-state index in [0.29, 0.717) is 6.61 Å². The summed E-state index contributed by atoms with van der Waals surface area (Å²) in [5.41, 5.74) is 0. The number of rotatable bonds is 3. The molecule has 0 amide bonds. The highest BCUT2D eigenvalue weighted by molar-refractivity contribution is 5.86. The maximum absolute atomic E-state index is 9.98. The standard InChI is InChI=1S/C5H10O2.C4H6O/c1-3-4-7-5(2)6;1-3-4(2)5/h3-4H2,1-2H3;3H,1H2,2H3. The third-order valence-corrected chi connectivity index (χ3v) is 0.797. The molecule has 0 aliphatic carbocycles. The Morgan fingerprint density at radius 3 is 1.92 bits per heavy atom. The highest BCUT2D eigenvalue weighted by Gasteiger charge is 1.85. The molecule has 0 aromatic heterocycles. The fraction of sp³-hybridized carbons (Fsp3) is 0.556. The Morgan fingerprint density at radius 1 is 1.42 bits per heavy atom. The van der Waals surface area contributed by atoms with Crippen LogP contribution in [0.15, 0.2) is 12.7 Å². The van der Waals surface area contributed by atoms with Crippen molar-refractivity contribution in [2.45, 2.75) is 27.2 Å². The van der Waals surface area contributed by atoms with E-state index in [1.165, 1.54) is 19.9 Å². The van der Waals surface area contributed by atoms with E-state index in [2.05, 4.69) is 11.3 Å². The molecule has 0 radical (unpaired) electrons. The average molecular weight is 172 g/mol. The van der Waals surface area contributed by atoms with E-state index < -0.39 is 0 Å². The molecule has 3 nitrogen and oxygen atoms in total. The van der Waals surface area contributed by atoms with Gasteiger partial charge in [-0.1, -0.05) is 13.5 Å². The fourth-order valence-corrected chi connectivity index (χ4v) is 0.246. The molecule has 0 atom stereocenters. The molecule has 3 heteroatoms. The van der Waals surface area contributed by atoms with Crippen LogP contribution in [0.4, 0.5) is 0 Å². The van der Waals surface area contributed by atoms with Gasteiger partial charge in [-0.3, -0.25) is 9.59 Å². The third-order valence-electron chi connectivity index (χ3n) is 0.797. The molecule has 0 aromatic rings.